The molecule has 7 heteroatoms. The number of hydrogen-bond donors (Lipinski definition) is 2. The summed E-state index contributed by atoms with van der Waals surface area (Å²) in [5.41, 5.74) is 2.20. The Balaban J connectivity index is 1.77. The maximum atomic E-state index is 12.8. The van der Waals surface area contributed by atoms with E-state index in [9.17, 15) is 9.18 Å². The summed E-state index contributed by atoms with van der Waals surface area (Å²) >= 11 is 0. The Morgan fingerprint density at radius 2 is 2.09 bits per heavy atom. The number of aromatic amines is 1. The first-order chi connectivity index (χ1) is 10.5. The van der Waals surface area contributed by atoms with Crippen LogP contribution in [0.15, 0.2) is 30.3 Å². The molecule has 22 heavy (non-hydrogen) atoms. The number of anilines is 1. The Bertz CT molecular complexity index is 860. The lowest BCUT2D eigenvalue weighted by Crippen LogP contribution is -2.08. The number of fused-ring (bicyclic) bond motifs is 1. The van der Waals surface area contributed by atoms with Gasteiger partial charge in [0.05, 0.1) is 11.1 Å². The Kier molecular flexibility index (Phi) is 3.46. The second-order valence-electron chi connectivity index (χ2n) is 4.88. The number of benzene rings is 1. The molecular formula is C15H14FN5O. The van der Waals surface area contributed by atoms with E-state index in [0.717, 1.165) is 16.6 Å². The van der Waals surface area contributed by atoms with E-state index >= 15 is 0 Å². The number of aromatic nitrogens is 4. The average molecular weight is 299 g/mol. The van der Waals surface area contributed by atoms with Crippen LogP contribution in [0.4, 0.5) is 10.2 Å². The number of nitrogens with zero attached hydrogens (tertiary/aromatic N) is 3. The van der Waals surface area contributed by atoms with Crippen molar-refractivity contribution < 1.29 is 9.18 Å². The van der Waals surface area contributed by atoms with Gasteiger partial charge in [0.15, 0.2) is 5.65 Å². The highest BCUT2D eigenvalue weighted by atomic mass is 19.1. The Morgan fingerprint density at radius 1 is 1.36 bits per heavy atom. The predicted octanol–water partition coefficient (Wildman–Crippen LogP) is 2.40. The van der Waals surface area contributed by atoms with Gasteiger partial charge in [0.25, 0.3) is 0 Å². The molecule has 0 bridgehead atoms. The summed E-state index contributed by atoms with van der Waals surface area (Å²) in [5.74, 6) is -0.110. The molecule has 6 nitrogen and oxygen atoms in total. The SMILES string of the molecule is Cc1nn(C)c2n[nH]c(NC(=O)/C=C/c3ccc(F)cc3)c12. The zero-order chi connectivity index (χ0) is 15.7. The quantitative estimate of drug-likeness (QED) is 0.729. The number of rotatable bonds is 3. The number of H-pyrrole nitrogens is 1. The van der Waals surface area contributed by atoms with Crippen LogP contribution in [0.5, 0.6) is 0 Å². The van der Waals surface area contributed by atoms with Gasteiger partial charge in [-0.05, 0) is 30.7 Å². The van der Waals surface area contributed by atoms with Gasteiger partial charge >= 0.3 is 0 Å². The van der Waals surface area contributed by atoms with E-state index in [4.69, 9.17) is 0 Å². The van der Waals surface area contributed by atoms with Crippen molar-refractivity contribution >= 4 is 28.8 Å². The first-order valence-electron chi connectivity index (χ1n) is 6.67. The minimum atomic E-state index is -0.312. The molecule has 0 spiro atoms. The fraction of sp³-hybridized carbons (Fsp3) is 0.133. The molecule has 0 aliphatic heterocycles. The largest absolute Gasteiger partial charge is 0.307 e. The molecule has 0 atom stereocenters. The number of halogens is 1. The molecule has 3 aromatic rings. The zero-order valence-corrected chi connectivity index (χ0v) is 12.1. The van der Waals surface area contributed by atoms with E-state index in [1.54, 1.807) is 29.9 Å². The molecule has 3 rings (SSSR count). The van der Waals surface area contributed by atoms with Crippen molar-refractivity contribution in [3.8, 4) is 0 Å². The molecular weight excluding hydrogens is 285 g/mol. The summed E-state index contributed by atoms with van der Waals surface area (Å²) in [5, 5.41) is 14.7. The van der Waals surface area contributed by atoms with Gasteiger partial charge < -0.3 is 5.32 Å². The van der Waals surface area contributed by atoms with E-state index in [0.29, 0.717) is 11.5 Å². The van der Waals surface area contributed by atoms with Crippen molar-refractivity contribution in [2.75, 3.05) is 5.32 Å². The van der Waals surface area contributed by atoms with Gasteiger partial charge in [-0.2, -0.15) is 10.2 Å². The van der Waals surface area contributed by atoms with Gasteiger partial charge in [-0.25, -0.2) is 9.07 Å². The first kappa shape index (κ1) is 14.0. The lowest BCUT2D eigenvalue weighted by Gasteiger charge is -1.98. The van der Waals surface area contributed by atoms with E-state index in [2.05, 4.69) is 20.6 Å². The molecule has 0 unspecified atom stereocenters. The van der Waals surface area contributed by atoms with Crippen molar-refractivity contribution in [3.05, 3.63) is 47.4 Å². The second-order valence-corrected chi connectivity index (χ2v) is 4.88. The monoisotopic (exact) mass is 299 g/mol. The molecule has 2 aromatic heterocycles. The van der Waals surface area contributed by atoms with Gasteiger partial charge in [-0.15, -0.1) is 0 Å². The van der Waals surface area contributed by atoms with E-state index in [-0.39, 0.29) is 11.7 Å². The highest BCUT2D eigenvalue weighted by Crippen LogP contribution is 2.23. The maximum Gasteiger partial charge on any atom is 0.249 e. The molecule has 0 saturated carbocycles. The van der Waals surface area contributed by atoms with Gasteiger partial charge in [-0.3, -0.25) is 9.89 Å². The summed E-state index contributed by atoms with van der Waals surface area (Å²) in [7, 11) is 1.79. The van der Waals surface area contributed by atoms with Crippen molar-refractivity contribution in [1.82, 2.24) is 20.0 Å². The van der Waals surface area contributed by atoms with Crippen LogP contribution in [0.25, 0.3) is 17.1 Å². The van der Waals surface area contributed by atoms with Crippen LogP contribution in [-0.4, -0.2) is 25.9 Å². The highest BCUT2D eigenvalue weighted by molar-refractivity contribution is 6.06. The molecule has 112 valence electrons. The van der Waals surface area contributed by atoms with Crippen LogP contribution in [-0.2, 0) is 11.8 Å². The topological polar surface area (TPSA) is 75.6 Å². The summed E-state index contributed by atoms with van der Waals surface area (Å²) in [6.45, 7) is 1.85. The Morgan fingerprint density at radius 3 is 2.82 bits per heavy atom. The minimum Gasteiger partial charge on any atom is -0.307 e. The van der Waals surface area contributed by atoms with Crippen LogP contribution < -0.4 is 5.32 Å². The van der Waals surface area contributed by atoms with E-state index in [1.165, 1.54) is 18.2 Å². The van der Waals surface area contributed by atoms with Crippen molar-refractivity contribution in [1.29, 1.82) is 0 Å². The molecule has 0 fully saturated rings. The maximum absolute atomic E-state index is 12.8. The number of hydrogen-bond acceptors (Lipinski definition) is 3. The van der Waals surface area contributed by atoms with Crippen molar-refractivity contribution in [2.24, 2.45) is 7.05 Å². The van der Waals surface area contributed by atoms with Crippen molar-refractivity contribution in [2.45, 2.75) is 6.92 Å². The number of amides is 1. The van der Waals surface area contributed by atoms with Crippen LogP contribution in [0.2, 0.25) is 0 Å². The minimum absolute atomic E-state index is 0.307. The lowest BCUT2D eigenvalue weighted by atomic mass is 10.2. The lowest BCUT2D eigenvalue weighted by molar-refractivity contribution is -0.111. The first-order valence-corrected chi connectivity index (χ1v) is 6.67. The van der Waals surface area contributed by atoms with Crippen molar-refractivity contribution in [3.63, 3.8) is 0 Å². The van der Waals surface area contributed by atoms with Gasteiger partial charge in [0.1, 0.15) is 11.6 Å². The number of carbonyl (C=O) groups excluding carboxylic acids is 1. The van der Waals surface area contributed by atoms with E-state index < -0.39 is 0 Å². The molecule has 0 aliphatic carbocycles. The standard InChI is InChI=1S/C15H14FN5O/c1-9-13-14(18-19-15(13)21(2)20-9)17-12(22)8-5-10-3-6-11(16)7-4-10/h3-8H,1-2H3,(H2,17,18,19,22)/b8-5+. The summed E-state index contributed by atoms with van der Waals surface area (Å²) < 4.78 is 14.4. The second kappa shape index (κ2) is 5.44. The van der Waals surface area contributed by atoms with E-state index in [1.807, 2.05) is 6.92 Å². The number of nitrogens with one attached hydrogen (secondary N) is 2. The summed E-state index contributed by atoms with van der Waals surface area (Å²) in [6.07, 6.45) is 2.99. The van der Waals surface area contributed by atoms with Crippen LogP contribution in [0.3, 0.4) is 0 Å². The molecule has 0 aliphatic rings. The molecule has 0 saturated heterocycles. The third-order valence-electron chi connectivity index (χ3n) is 3.26. The fourth-order valence-electron chi connectivity index (χ4n) is 2.23. The van der Waals surface area contributed by atoms with Crippen LogP contribution in [0.1, 0.15) is 11.3 Å². The number of carbonyl (C=O) groups is 1. The third kappa shape index (κ3) is 2.60. The summed E-state index contributed by atoms with van der Waals surface area (Å²) in [6, 6.07) is 5.88. The Labute approximate surface area is 125 Å². The number of aryl methyl sites for hydroxylation is 2. The molecule has 0 radical (unpaired) electrons. The predicted molar refractivity (Wildman–Crippen MR) is 81.7 cm³/mol. The molecule has 2 heterocycles. The zero-order valence-electron chi connectivity index (χ0n) is 12.1. The third-order valence-corrected chi connectivity index (χ3v) is 3.26. The van der Waals surface area contributed by atoms with Gasteiger partial charge in [-0.1, -0.05) is 12.1 Å². The smallest absolute Gasteiger partial charge is 0.249 e. The van der Waals surface area contributed by atoms with Gasteiger partial charge in [0.2, 0.25) is 5.91 Å². The molecule has 1 amide bonds. The van der Waals surface area contributed by atoms with Crippen LogP contribution >= 0.6 is 0 Å². The normalized spacial score (nSPS) is 11.4. The fourth-order valence-corrected chi connectivity index (χ4v) is 2.23. The van der Waals surface area contributed by atoms with Crippen LogP contribution in [0, 0.1) is 12.7 Å². The Hall–Kier alpha value is -2.96. The molecule has 1 aromatic carbocycles. The average Bonchev–Trinajstić information content (AvgIpc) is 3.01. The highest BCUT2D eigenvalue weighted by Gasteiger charge is 2.14. The summed E-state index contributed by atoms with van der Waals surface area (Å²) in [4.78, 5) is 12.0. The van der Waals surface area contributed by atoms with Gasteiger partial charge in [0, 0.05) is 13.1 Å². The molecule has 2 N–H and O–H groups in total.